The van der Waals surface area contributed by atoms with E-state index in [-0.39, 0.29) is 24.0 Å². The predicted octanol–water partition coefficient (Wildman–Crippen LogP) is 3.85. The Morgan fingerprint density at radius 1 is 0.939 bits per heavy atom. The summed E-state index contributed by atoms with van der Waals surface area (Å²) in [5, 5.41) is 16.4. The van der Waals surface area contributed by atoms with Crippen LogP contribution in [0.3, 0.4) is 0 Å². The Kier molecular flexibility index (Phi) is 10.1. The quantitative estimate of drug-likeness (QED) is 0.272. The molecule has 2 saturated heterocycles. The molecule has 2 fully saturated rings. The Labute approximate surface area is 215 Å². The fraction of sp³-hybridized carbons (Fsp3) is 0.500. The highest BCUT2D eigenvalue weighted by Gasteiger charge is 2.23. The summed E-state index contributed by atoms with van der Waals surface area (Å²) in [5.41, 5.74) is 3.78. The first-order valence-corrected chi connectivity index (χ1v) is 12.0. The van der Waals surface area contributed by atoms with Gasteiger partial charge in [0.05, 0.1) is 6.54 Å². The van der Waals surface area contributed by atoms with E-state index in [0.29, 0.717) is 25.1 Å². The maximum absolute atomic E-state index is 9.34. The molecule has 2 heterocycles. The number of aliphatic hydroxyl groups excluding tert-OH is 1. The number of piperidine rings is 1. The van der Waals surface area contributed by atoms with E-state index in [1.807, 2.05) is 0 Å². The minimum Gasteiger partial charge on any atom is -0.396 e. The number of halogens is 1. The van der Waals surface area contributed by atoms with Gasteiger partial charge in [-0.3, -0.25) is 0 Å². The van der Waals surface area contributed by atoms with Gasteiger partial charge in [-0.05, 0) is 61.9 Å². The topological polar surface area (TPSA) is 63.1 Å². The number of hydrogen-bond donors (Lipinski definition) is 3. The molecule has 4 rings (SSSR count). The van der Waals surface area contributed by atoms with Crippen LogP contribution in [-0.4, -0.2) is 56.4 Å². The maximum Gasteiger partial charge on any atom is 0.191 e. The van der Waals surface area contributed by atoms with E-state index in [9.17, 15) is 5.11 Å². The van der Waals surface area contributed by atoms with Gasteiger partial charge in [0.1, 0.15) is 0 Å². The predicted molar refractivity (Wildman–Crippen MR) is 149 cm³/mol. The van der Waals surface area contributed by atoms with Gasteiger partial charge in [-0.1, -0.05) is 30.3 Å². The summed E-state index contributed by atoms with van der Waals surface area (Å²) in [7, 11) is 0. The first-order valence-electron chi connectivity index (χ1n) is 12.0. The number of hydrogen-bond acceptors (Lipinski definition) is 4. The largest absolute Gasteiger partial charge is 0.396 e. The lowest BCUT2D eigenvalue weighted by Gasteiger charge is -2.32. The molecule has 0 amide bonds. The summed E-state index contributed by atoms with van der Waals surface area (Å²) in [4.78, 5) is 9.70. The molecule has 2 aromatic carbocycles. The molecule has 2 aromatic rings. The van der Waals surface area contributed by atoms with Gasteiger partial charge in [0.15, 0.2) is 5.96 Å². The van der Waals surface area contributed by atoms with Gasteiger partial charge < -0.3 is 25.5 Å². The Morgan fingerprint density at radius 3 is 2.27 bits per heavy atom. The molecule has 1 unspecified atom stereocenters. The van der Waals surface area contributed by atoms with Crippen LogP contribution in [0.1, 0.15) is 31.7 Å². The van der Waals surface area contributed by atoms with Crippen LogP contribution < -0.4 is 20.4 Å². The van der Waals surface area contributed by atoms with Gasteiger partial charge in [-0.2, -0.15) is 0 Å². The lowest BCUT2D eigenvalue weighted by atomic mass is 9.97. The molecule has 0 radical (unpaired) electrons. The third-order valence-corrected chi connectivity index (χ3v) is 6.59. The average Bonchev–Trinajstić information content (AvgIpc) is 3.32. The van der Waals surface area contributed by atoms with Crippen molar-refractivity contribution < 1.29 is 5.11 Å². The minimum absolute atomic E-state index is 0. The molecule has 0 spiro atoms. The van der Waals surface area contributed by atoms with Crippen LogP contribution in [0.4, 0.5) is 11.4 Å². The number of aliphatic hydroxyl groups is 1. The number of nitrogens with zero attached hydrogens (tertiary/aromatic N) is 3. The number of anilines is 2. The Morgan fingerprint density at radius 2 is 1.61 bits per heavy atom. The zero-order valence-electron chi connectivity index (χ0n) is 19.6. The van der Waals surface area contributed by atoms with Crippen molar-refractivity contribution in [3.05, 3.63) is 60.2 Å². The Bertz CT molecular complexity index is 853. The van der Waals surface area contributed by atoms with E-state index in [2.05, 4.69) is 82.0 Å². The van der Waals surface area contributed by atoms with Gasteiger partial charge in [0.2, 0.25) is 0 Å². The molecule has 1 atom stereocenters. The molecule has 180 valence electrons. The summed E-state index contributed by atoms with van der Waals surface area (Å²) in [5.74, 6) is 1.36. The normalized spacial score (nSPS) is 19.3. The summed E-state index contributed by atoms with van der Waals surface area (Å²) in [6.45, 7) is 8.06. The highest BCUT2D eigenvalue weighted by atomic mass is 127. The first kappa shape index (κ1) is 25.6. The van der Waals surface area contributed by atoms with E-state index in [1.165, 1.54) is 16.9 Å². The lowest BCUT2D eigenvalue weighted by molar-refractivity contribution is 0.203. The van der Waals surface area contributed by atoms with Gasteiger partial charge in [-0.15, -0.1) is 24.0 Å². The summed E-state index contributed by atoms with van der Waals surface area (Å²) < 4.78 is 0. The summed E-state index contributed by atoms with van der Waals surface area (Å²) in [6, 6.07) is 19.8. The molecule has 33 heavy (non-hydrogen) atoms. The van der Waals surface area contributed by atoms with E-state index in [4.69, 9.17) is 4.99 Å². The molecule has 0 aliphatic carbocycles. The van der Waals surface area contributed by atoms with Crippen molar-refractivity contribution in [2.24, 2.45) is 10.9 Å². The zero-order valence-corrected chi connectivity index (χ0v) is 21.9. The highest BCUT2D eigenvalue weighted by Crippen LogP contribution is 2.23. The molecule has 2 aliphatic rings. The summed E-state index contributed by atoms with van der Waals surface area (Å²) >= 11 is 0. The Hall–Kier alpha value is -2.00. The van der Waals surface area contributed by atoms with Crippen LogP contribution in [0.5, 0.6) is 0 Å². The Balaban J connectivity index is 0.00000306. The number of nitrogens with one attached hydrogen (secondary N) is 2. The first-order chi connectivity index (χ1) is 15.7. The zero-order chi connectivity index (χ0) is 22.2. The van der Waals surface area contributed by atoms with Crippen molar-refractivity contribution in [2.75, 3.05) is 49.1 Å². The maximum atomic E-state index is 9.34. The third kappa shape index (κ3) is 7.24. The van der Waals surface area contributed by atoms with Gasteiger partial charge >= 0.3 is 0 Å². The lowest BCUT2D eigenvalue weighted by Crippen LogP contribution is -2.44. The van der Waals surface area contributed by atoms with Gasteiger partial charge in [0, 0.05) is 56.7 Å². The van der Waals surface area contributed by atoms with Crippen molar-refractivity contribution in [3.8, 4) is 0 Å². The van der Waals surface area contributed by atoms with Crippen LogP contribution in [0.25, 0.3) is 0 Å². The van der Waals surface area contributed by atoms with Gasteiger partial charge in [-0.25, -0.2) is 4.99 Å². The second-order valence-corrected chi connectivity index (χ2v) is 8.89. The monoisotopic (exact) mass is 563 g/mol. The number of guanidine groups is 1. The van der Waals surface area contributed by atoms with Crippen molar-refractivity contribution >= 4 is 41.3 Å². The van der Waals surface area contributed by atoms with Crippen molar-refractivity contribution in [1.82, 2.24) is 10.6 Å². The number of aliphatic imine (C=N–C) groups is 1. The second-order valence-electron chi connectivity index (χ2n) is 8.89. The fourth-order valence-electron chi connectivity index (χ4n) is 4.62. The third-order valence-electron chi connectivity index (χ3n) is 6.59. The average molecular weight is 564 g/mol. The standard InChI is InChI=1S/C26H37N5O.HI/c1-2-27-26(29-23-14-17-31(19-23)24-6-4-3-5-7-24)28-18-21-8-10-25(11-9-21)30-15-12-22(20-32)13-16-30;/h3-11,22-23,32H,2,12-20H2,1H3,(H2,27,28,29);1H. The van der Waals surface area contributed by atoms with E-state index in [1.54, 1.807) is 0 Å². The molecule has 0 aromatic heterocycles. The molecular formula is C26H38IN5O. The molecule has 6 nitrogen and oxygen atoms in total. The van der Waals surface area contributed by atoms with E-state index >= 15 is 0 Å². The van der Waals surface area contributed by atoms with Crippen molar-refractivity contribution in [2.45, 2.75) is 38.8 Å². The van der Waals surface area contributed by atoms with Crippen LogP contribution in [-0.2, 0) is 6.54 Å². The van der Waals surface area contributed by atoms with Crippen LogP contribution in [0.15, 0.2) is 59.6 Å². The molecule has 2 aliphatic heterocycles. The minimum atomic E-state index is 0. The van der Waals surface area contributed by atoms with Gasteiger partial charge in [0.25, 0.3) is 0 Å². The van der Waals surface area contributed by atoms with E-state index < -0.39 is 0 Å². The highest BCUT2D eigenvalue weighted by molar-refractivity contribution is 14.0. The van der Waals surface area contributed by atoms with E-state index in [0.717, 1.165) is 57.9 Å². The number of rotatable bonds is 7. The molecule has 7 heteroatoms. The number of para-hydroxylation sites is 1. The molecular weight excluding hydrogens is 525 g/mol. The number of benzene rings is 2. The SMILES string of the molecule is CCNC(=NCc1ccc(N2CCC(CO)CC2)cc1)NC1CCN(c2ccccc2)C1.I. The molecule has 3 N–H and O–H groups in total. The van der Waals surface area contributed by atoms with Crippen LogP contribution in [0, 0.1) is 5.92 Å². The van der Waals surface area contributed by atoms with Crippen LogP contribution >= 0.6 is 24.0 Å². The second kappa shape index (κ2) is 13.0. The summed E-state index contributed by atoms with van der Waals surface area (Å²) in [6.07, 6.45) is 3.26. The molecule has 0 bridgehead atoms. The van der Waals surface area contributed by atoms with Crippen molar-refractivity contribution in [3.63, 3.8) is 0 Å². The van der Waals surface area contributed by atoms with Crippen molar-refractivity contribution in [1.29, 1.82) is 0 Å². The van der Waals surface area contributed by atoms with Crippen LogP contribution in [0.2, 0.25) is 0 Å². The fourth-order valence-corrected chi connectivity index (χ4v) is 4.62. The smallest absolute Gasteiger partial charge is 0.191 e. The molecule has 0 saturated carbocycles.